The van der Waals surface area contributed by atoms with Crippen molar-refractivity contribution in [3.8, 4) is 5.75 Å². The van der Waals surface area contributed by atoms with Crippen LogP contribution in [0, 0.1) is 11.8 Å². The molecule has 0 aliphatic carbocycles. The van der Waals surface area contributed by atoms with Crippen LogP contribution in [0.4, 0.5) is 14.6 Å². The van der Waals surface area contributed by atoms with E-state index in [2.05, 4.69) is 10.3 Å². The van der Waals surface area contributed by atoms with Gasteiger partial charge < -0.3 is 15.0 Å². The van der Waals surface area contributed by atoms with E-state index in [1.807, 2.05) is 31.2 Å². The zero-order chi connectivity index (χ0) is 18.7. The number of nitrogens with one attached hydrogen (secondary N) is 1. The molecule has 1 aromatic carbocycles. The number of benzene rings is 1. The fourth-order valence-electron chi connectivity index (χ4n) is 3.06. The number of ether oxygens (including phenoxy) is 1. The zero-order valence-electron chi connectivity index (χ0n) is 14.7. The van der Waals surface area contributed by atoms with Crippen LogP contribution in [-0.2, 0) is 4.79 Å². The molecule has 0 saturated carbocycles. The molecule has 1 aliphatic heterocycles. The maximum Gasteiger partial charge on any atom is 0.217 e. The second kappa shape index (κ2) is 7.68. The monoisotopic (exact) mass is 361 g/mol. The summed E-state index contributed by atoms with van der Waals surface area (Å²) in [5, 5.41) is 2.83. The van der Waals surface area contributed by atoms with Crippen LogP contribution in [0.25, 0.3) is 0 Å². The first-order chi connectivity index (χ1) is 12.4. The van der Waals surface area contributed by atoms with E-state index < -0.39 is 11.8 Å². The highest BCUT2D eigenvalue weighted by Crippen LogP contribution is 2.25. The number of aromatic nitrogens is 1. The molecule has 0 bridgehead atoms. The maximum atomic E-state index is 13.8. The van der Waals surface area contributed by atoms with Crippen molar-refractivity contribution in [3.05, 3.63) is 53.7 Å². The van der Waals surface area contributed by atoms with Gasteiger partial charge in [-0.25, -0.2) is 4.39 Å². The third-order valence-electron chi connectivity index (χ3n) is 4.34. The van der Waals surface area contributed by atoms with E-state index >= 15 is 0 Å². The average Bonchev–Trinajstić information content (AvgIpc) is 3.05. The lowest BCUT2D eigenvalue weighted by atomic mass is 10.1. The van der Waals surface area contributed by atoms with E-state index in [1.54, 1.807) is 4.90 Å². The second-order valence-corrected chi connectivity index (χ2v) is 6.41. The van der Waals surface area contributed by atoms with E-state index in [4.69, 9.17) is 4.74 Å². The highest BCUT2D eigenvalue weighted by Gasteiger charge is 2.27. The van der Waals surface area contributed by atoms with Crippen molar-refractivity contribution in [2.75, 3.05) is 18.0 Å². The van der Waals surface area contributed by atoms with Gasteiger partial charge in [-0.05, 0) is 36.8 Å². The molecule has 2 heterocycles. The SMILES string of the molecule is CC(=O)N[C@@H](C)c1ccc(O[C@@H]2CCN(c3nc(F)ccc3F)C2)cc1. The van der Waals surface area contributed by atoms with Gasteiger partial charge in [0.1, 0.15) is 11.9 Å². The summed E-state index contributed by atoms with van der Waals surface area (Å²) in [4.78, 5) is 16.5. The van der Waals surface area contributed by atoms with Gasteiger partial charge in [0.25, 0.3) is 0 Å². The van der Waals surface area contributed by atoms with E-state index in [0.717, 1.165) is 17.7 Å². The fraction of sp³-hybridized carbons (Fsp3) is 0.368. The normalized spacial score (nSPS) is 17.8. The van der Waals surface area contributed by atoms with Crippen LogP contribution >= 0.6 is 0 Å². The Balaban J connectivity index is 1.60. The van der Waals surface area contributed by atoms with Crippen molar-refractivity contribution < 1.29 is 18.3 Å². The van der Waals surface area contributed by atoms with Crippen molar-refractivity contribution in [1.82, 2.24) is 10.3 Å². The second-order valence-electron chi connectivity index (χ2n) is 6.41. The summed E-state index contributed by atoms with van der Waals surface area (Å²) < 4.78 is 33.0. The molecule has 7 heteroatoms. The third kappa shape index (κ3) is 4.28. The molecular formula is C19H21F2N3O2. The van der Waals surface area contributed by atoms with Crippen LogP contribution in [-0.4, -0.2) is 30.1 Å². The number of anilines is 1. The molecule has 0 radical (unpaired) electrons. The summed E-state index contributed by atoms with van der Waals surface area (Å²) in [5.74, 6) is -0.598. The average molecular weight is 361 g/mol. The van der Waals surface area contributed by atoms with Crippen molar-refractivity contribution in [2.24, 2.45) is 0 Å². The van der Waals surface area contributed by atoms with Gasteiger partial charge in [-0.2, -0.15) is 9.37 Å². The number of rotatable bonds is 5. The van der Waals surface area contributed by atoms with E-state index in [1.165, 1.54) is 6.92 Å². The minimum atomic E-state index is -0.699. The Kier molecular flexibility index (Phi) is 5.35. The zero-order valence-corrected chi connectivity index (χ0v) is 14.7. The van der Waals surface area contributed by atoms with E-state index in [0.29, 0.717) is 25.3 Å². The van der Waals surface area contributed by atoms with Crippen LogP contribution in [0.3, 0.4) is 0 Å². The van der Waals surface area contributed by atoms with Gasteiger partial charge in [-0.3, -0.25) is 4.79 Å². The van der Waals surface area contributed by atoms with E-state index in [-0.39, 0.29) is 23.9 Å². The number of pyridine rings is 1. The van der Waals surface area contributed by atoms with Crippen LogP contribution in [0.1, 0.15) is 31.9 Å². The highest BCUT2D eigenvalue weighted by atomic mass is 19.1. The Morgan fingerprint density at radius 2 is 2.00 bits per heavy atom. The Hall–Kier alpha value is -2.70. The van der Waals surface area contributed by atoms with Crippen LogP contribution in [0.2, 0.25) is 0 Å². The first-order valence-corrected chi connectivity index (χ1v) is 8.53. The van der Waals surface area contributed by atoms with Crippen molar-refractivity contribution in [3.63, 3.8) is 0 Å². The Bertz CT molecular complexity index is 783. The first-order valence-electron chi connectivity index (χ1n) is 8.53. The number of amides is 1. The molecule has 1 fully saturated rings. The molecule has 1 saturated heterocycles. The maximum absolute atomic E-state index is 13.8. The molecule has 0 unspecified atom stereocenters. The fourth-order valence-corrected chi connectivity index (χ4v) is 3.06. The van der Waals surface area contributed by atoms with E-state index in [9.17, 15) is 13.6 Å². The van der Waals surface area contributed by atoms with Crippen molar-refractivity contribution in [1.29, 1.82) is 0 Å². The Morgan fingerprint density at radius 1 is 1.27 bits per heavy atom. The quantitative estimate of drug-likeness (QED) is 0.831. The van der Waals surface area contributed by atoms with Gasteiger partial charge in [0.15, 0.2) is 11.6 Å². The van der Waals surface area contributed by atoms with Crippen molar-refractivity contribution in [2.45, 2.75) is 32.4 Å². The summed E-state index contributed by atoms with van der Waals surface area (Å²) in [5.41, 5.74) is 0.978. The van der Waals surface area contributed by atoms with Crippen LogP contribution < -0.4 is 15.0 Å². The lowest BCUT2D eigenvalue weighted by Gasteiger charge is -2.19. The van der Waals surface area contributed by atoms with Gasteiger partial charge in [-0.15, -0.1) is 0 Å². The molecule has 138 valence electrons. The topological polar surface area (TPSA) is 54.5 Å². The summed E-state index contributed by atoms with van der Waals surface area (Å²) in [6.45, 7) is 4.38. The minimum Gasteiger partial charge on any atom is -0.489 e. The van der Waals surface area contributed by atoms with Gasteiger partial charge in [-0.1, -0.05) is 12.1 Å². The third-order valence-corrected chi connectivity index (χ3v) is 4.34. The lowest BCUT2D eigenvalue weighted by molar-refractivity contribution is -0.119. The molecule has 1 aliphatic rings. The van der Waals surface area contributed by atoms with Gasteiger partial charge in [0.2, 0.25) is 11.9 Å². The number of carbonyl (C=O) groups excluding carboxylic acids is 1. The summed E-state index contributed by atoms with van der Waals surface area (Å²) in [6.07, 6.45) is 0.569. The number of nitrogens with zero attached hydrogens (tertiary/aromatic N) is 2. The van der Waals surface area contributed by atoms with Crippen LogP contribution in [0.15, 0.2) is 36.4 Å². The standard InChI is InChI=1S/C19H21F2N3O2/c1-12(22-13(2)25)14-3-5-15(6-4-14)26-16-9-10-24(11-16)19-17(20)7-8-18(21)23-19/h3-8,12,16H,9-11H2,1-2H3,(H,22,25)/t12-,16+/m0/s1. The molecule has 3 rings (SSSR count). The molecule has 1 aromatic heterocycles. The number of halogens is 2. The molecule has 1 N–H and O–H groups in total. The minimum absolute atomic E-state index is 0.0237. The molecule has 1 amide bonds. The first kappa shape index (κ1) is 18.1. The number of carbonyl (C=O) groups is 1. The van der Waals surface area contributed by atoms with Gasteiger partial charge in [0, 0.05) is 19.9 Å². The highest BCUT2D eigenvalue weighted by molar-refractivity contribution is 5.73. The predicted octanol–water partition coefficient (Wildman–Crippen LogP) is 3.21. The predicted molar refractivity (Wildman–Crippen MR) is 94.1 cm³/mol. The molecule has 26 heavy (non-hydrogen) atoms. The summed E-state index contributed by atoms with van der Waals surface area (Å²) in [6, 6.07) is 9.50. The van der Waals surface area contributed by atoms with Gasteiger partial charge >= 0.3 is 0 Å². The summed E-state index contributed by atoms with van der Waals surface area (Å²) in [7, 11) is 0. The number of hydrogen-bond acceptors (Lipinski definition) is 4. The molecular weight excluding hydrogens is 340 g/mol. The Morgan fingerprint density at radius 3 is 2.69 bits per heavy atom. The molecule has 5 nitrogen and oxygen atoms in total. The summed E-state index contributed by atoms with van der Waals surface area (Å²) >= 11 is 0. The number of hydrogen-bond donors (Lipinski definition) is 1. The Labute approximate surface area is 151 Å². The largest absolute Gasteiger partial charge is 0.489 e. The van der Waals surface area contributed by atoms with Crippen LogP contribution in [0.5, 0.6) is 5.75 Å². The lowest BCUT2D eigenvalue weighted by Crippen LogP contribution is -2.26. The van der Waals surface area contributed by atoms with Crippen molar-refractivity contribution >= 4 is 11.7 Å². The molecule has 2 atom stereocenters. The smallest absolute Gasteiger partial charge is 0.217 e. The molecule has 2 aromatic rings. The molecule has 0 spiro atoms. The van der Waals surface area contributed by atoms with Gasteiger partial charge in [0.05, 0.1) is 12.6 Å².